The minimum Gasteiger partial charge on any atom is -0.494 e. The van der Waals surface area contributed by atoms with Crippen molar-refractivity contribution in [3.63, 3.8) is 0 Å². The van der Waals surface area contributed by atoms with Crippen molar-refractivity contribution in [2.75, 3.05) is 19.0 Å². The molecular weight excluding hydrogens is 290 g/mol. The van der Waals surface area contributed by atoms with Crippen LogP contribution in [0.5, 0.6) is 5.75 Å². The van der Waals surface area contributed by atoms with Crippen molar-refractivity contribution in [2.24, 2.45) is 0 Å². The Morgan fingerprint density at radius 3 is 2.50 bits per heavy atom. The smallest absolute Gasteiger partial charge is 0.339 e. The van der Waals surface area contributed by atoms with Crippen LogP contribution in [0.3, 0.4) is 0 Å². The van der Waals surface area contributed by atoms with Crippen molar-refractivity contribution < 1.29 is 29.0 Å². The molecule has 2 N–H and O–H groups in total. The number of nitrogens with one attached hydrogen (secondary N) is 1. The summed E-state index contributed by atoms with van der Waals surface area (Å²) < 4.78 is 9.47. The molecule has 0 spiro atoms. The first-order chi connectivity index (χ1) is 9.35. The average Bonchev–Trinajstić information content (AvgIpc) is 2.35. The van der Waals surface area contributed by atoms with Gasteiger partial charge in [-0.3, -0.25) is 9.59 Å². The maximum absolute atomic E-state index is 11.5. The van der Waals surface area contributed by atoms with Gasteiger partial charge in [-0.05, 0) is 12.1 Å². The summed E-state index contributed by atoms with van der Waals surface area (Å²) in [7, 11) is 1.26. The molecular formula is C12H12ClNO6. The number of methoxy groups -OCH3 is 1. The largest absolute Gasteiger partial charge is 0.494 e. The highest BCUT2D eigenvalue weighted by molar-refractivity contribution is 6.31. The van der Waals surface area contributed by atoms with Crippen molar-refractivity contribution in [2.45, 2.75) is 6.92 Å². The molecule has 0 atom stereocenters. The van der Waals surface area contributed by atoms with Crippen LogP contribution in [0.15, 0.2) is 12.1 Å². The summed E-state index contributed by atoms with van der Waals surface area (Å²) in [5.74, 6) is -2.54. The van der Waals surface area contributed by atoms with Gasteiger partial charge in [0.15, 0.2) is 12.4 Å². The van der Waals surface area contributed by atoms with E-state index in [1.54, 1.807) is 0 Å². The average molecular weight is 302 g/mol. The molecule has 0 aromatic heterocycles. The predicted octanol–water partition coefficient (Wildman–Crippen LogP) is 1.55. The van der Waals surface area contributed by atoms with Crippen LogP contribution in [0.2, 0.25) is 5.02 Å². The maximum Gasteiger partial charge on any atom is 0.339 e. The molecule has 1 aromatic carbocycles. The normalized spacial score (nSPS) is 9.75. The first-order valence-electron chi connectivity index (χ1n) is 5.39. The summed E-state index contributed by atoms with van der Waals surface area (Å²) in [6, 6.07) is 2.53. The number of aromatic carboxylic acids is 1. The number of hydrogen-bond acceptors (Lipinski definition) is 5. The van der Waals surface area contributed by atoms with E-state index in [0.717, 1.165) is 6.92 Å². The fraction of sp³-hybridized carbons (Fsp3) is 0.250. The molecule has 1 aromatic rings. The van der Waals surface area contributed by atoms with Crippen molar-refractivity contribution in [1.82, 2.24) is 0 Å². The number of amides is 1. The molecule has 1 rings (SSSR count). The zero-order valence-corrected chi connectivity index (χ0v) is 11.5. The van der Waals surface area contributed by atoms with Crippen molar-refractivity contribution in [3.05, 3.63) is 22.7 Å². The van der Waals surface area contributed by atoms with E-state index in [9.17, 15) is 14.4 Å². The molecule has 0 radical (unpaired) electrons. The molecule has 7 nitrogen and oxygen atoms in total. The molecule has 0 heterocycles. The number of esters is 1. The van der Waals surface area contributed by atoms with Gasteiger partial charge < -0.3 is 19.9 Å². The van der Waals surface area contributed by atoms with Gasteiger partial charge in [-0.1, -0.05) is 11.6 Å². The number of halogens is 1. The van der Waals surface area contributed by atoms with Crippen LogP contribution in [0.4, 0.5) is 5.69 Å². The third-order valence-corrected chi connectivity index (χ3v) is 2.39. The highest BCUT2D eigenvalue weighted by Gasteiger charge is 2.18. The molecule has 1 amide bonds. The first kappa shape index (κ1) is 15.8. The lowest BCUT2D eigenvalue weighted by Crippen LogP contribution is -2.20. The zero-order valence-electron chi connectivity index (χ0n) is 10.7. The van der Waals surface area contributed by atoms with Gasteiger partial charge in [0.05, 0.1) is 12.8 Å². The van der Waals surface area contributed by atoms with Crippen LogP contribution in [0.1, 0.15) is 17.3 Å². The summed E-state index contributed by atoms with van der Waals surface area (Å²) in [6.45, 7) is 0.670. The van der Waals surface area contributed by atoms with Gasteiger partial charge in [0.1, 0.15) is 5.56 Å². The SMILES string of the molecule is COc1c(NC(=O)COC(C)=O)cc(Cl)cc1C(=O)O. The third kappa shape index (κ3) is 4.13. The summed E-state index contributed by atoms with van der Waals surface area (Å²) in [5.41, 5.74) is -0.114. The van der Waals surface area contributed by atoms with Crippen LogP contribution < -0.4 is 10.1 Å². The van der Waals surface area contributed by atoms with Gasteiger partial charge >= 0.3 is 11.9 Å². The molecule has 20 heavy (non-hydrogen) atoms. The van der Waals surface area contributed by atoms with Crippen LogP contribution in [-0.2, 0) is 14.3 Å². The number of hydrogen-bond donors (Lipinski definition) is 2. The van der Waals surface area contributed by atoms with E-state index < -0.39 is 24.5 Å². The topological polar surface area (TPSA) is 102 Å². The Bertz CT molecular complexity index is 557. The monoisotopic (exact) mass is 301 g/mol. The third-order valence-electron chi connectivity index (χ3n) is 2.17. The number of carboxylic acid groups (broad SMARTS) is 1. The predicted molar refractivity (Wildman–Crippen MR) is 70.2 cm³/mol. The molecule has 0 bridgehead atoms. The minimum atomic E-state index is -1.25. The number of carboxylic acids is 1. The number of carbonyl (C=O) groups excluding carboxylic acids is 2. The second kappa shape index (κ2) is 6.76. The van der Waals surface area contributed by atoms with Crippen LogP contribution in [-0.4, -0.2) is 36.7 Å². The second-order valence-corrected chi connectivity index (χ2v) is 4.10. The van der Waals surface area contributed by atoms with Crippen molar-refractivity contribution >= 4 is 35.1 Å². The van der Waals surface area contributed by atoms with Crippen LogP contribution in [0.25, 0.3) is 0 Å². The number of carbonyl (C=O) groups is 3. The molecule has 108 valence electrons. The highest BCUT2D eigenvalue weighted by Crippen LogP contribution is 2.32. The first-order valence-corrected chi connectivity index (χ1v) is 5.77. The van der Waals surface area contributed by atoms with Gasteiger partial charge in [-0.25, -0.2) is 4.79 Å². The number of ether oxygens (including phenoxy) is 2. The maximum atomic E-state index is 11.5. The Kier molecular flexibility index (Phi) is 5.33. The second-order valence-electron chi connectivity index (χ2n) is 3.67. The molecule has 0 saturated carbocycles. The Labute approximate surface area is 119 Å². The van der Waals surface area contributed by atoms with Gasteiger partial charge in [-0.2, -0.15) is 0 Å². The number of rotatable bonds is 5. The van der Waals surface area contributed by atoms with Gasteiger partial charge in [0.2, 0.25) is 0 Å². The summed E-state index contributed by atoms with van der Waals surface area (Å²) in [4.78, 5) is 33.2. The Morgan fingerprint density at radius 1 is 1.35 bits per heavy atom. The fourth-order valence-electron chi connectivity index (χ4n) is 1.42. The van der Waals surface area contributed by atoms with Gasteiger partial charge in [0.25, 0.3) is 5.91 Å². The van der Waals surface area contributed by atoms with E-state index in [1.165, 1.54) is 19.2 Å². The van der Waals surface area contributed by atoms with Crippen molar-refractivity contribution in [1.29, 1.82) is 0 Å². The van der Waals surface area contributed by atoms with E-state index in [4.69, 9.17) is 21.4 Å². The van der Waals surface area contributed by atoms with Crippen LogP contribution in [0, 0.1) is 0 Å². The molecule has 0 fully saturated rings. The molecule has 0 aliphatic carbocycles. The van der Waals surface area contributed by atoms with Gasteiger partial charge in [0, 0.05) is 11.9 Å². The molecule has 0 aliphatic rings. The summed E-state index contributed by atoms with van der Waals surface area (Å²) in [5, 5.41) is 11.5. The van der Waals surface area contributed by atoms with Crippen molar-refractivity contribution in [3.8, 4) is 5.75 Å². The van der Waals surface area contributed by atoms with E-state index in [-0.39, 0.29) is 22.0 Å². The number of anilines is 1. The Balaban J connectivity index is 3.02. The highest BCUT2D eigenvalue weighted by atomic mass is 35.5. The van der Waals surface area contributed by atoms with E-state index in [0.29, 0.717) is 0 Å². The van der Waals surface area contributed by atoms with Gasteiger partial charge in [-0.15, -0.1) is 0 Å². The quantitative estimate of drug-likeness (QED) is 0.800. The van der Waals surface area contributed by atoms with E-state index >= 15 is 0 Å². The lowest BCUT2D eigenvalue weighted by molar-refractivity contribution is -0.144. The molecule has 0 unspecified atom stereocenters. The van der Waals surface area contributed by atoms with Crippen LogP contribution >= 0.6 is 11.6 Å². The Morgan fingerprint density at radius 2 is 2.00 bits per heavy atom. The fourth-order valence-corrected chi connectivity index (χ4v) is 1.64. The van der Waals surface area contributed by atoms with E-state index in [1.807, 2.05) is 0 Å². The molecule has 0 saturated heterocycles. The minimum absolute atomic E-state index is 0.0434. The van der Waals surface area contributed by atoms with E-state index in [2.05, 4.69) is 10.1 Å². The summed E-state index contributed by atoms with van der Waals surface area (Å²) >= 11 is 5.78. The Hall–Kier alpha value is -2.28. The number of benzene rings is 1. The lowest BCUT2D eigenvalue weighted by Gasteiger charge is -2.13. The molecule has 0 aliphatic heterocycles. The summed E-state index contributed by atoms with van der Waals surface area (Å²) in [6.07, 6.45) is 0. The lowest BCUT2D eigenvalue weighted by atomic mass is 10.1. The zero-order chi connectivity index (χ0) is 15.3. The standard InChI is InChI=1S/C12H12ClNO6/c1-6(15)20-5-10(16)14-9-4-7(13)3-8(12(17)18)11(9)19-2/h3-4H,5H2,1-2H3,(H,14,16)(H,17,18). The molecule has 8 heteroatoms.